The van der Waals surface area contributed by atoms with E-state index in [4.69, 9.17) is 110 Å². The maximum atomic E-state index is 13.2. The number of likely N-dealkylation sites (N-methyl/N-ethyl adjacent to an activating group) is 2. The molecule has 4 aromatic carbocycles. The van der Waals surface area contributed by atoms with Gasteiger partial charge in [-0.2, -0.15) is 0 Å². The molecule has 2 aliphatic rings. The lowest BCUT2D eigenvalue weighted by Gasteiger charge is -2.33. The van der Waals surface area contributed by atoms with Gasteiger partial charge in [0.05, 0.1) is 181 Å². The first-order valence-electron chi connectivity index (χ1n) is 34.9. The van der Waals surface area contributed by atoms with Gasteiger partial charge >= 0.3 is 0 Å². The normalized spacial score (nSPS) is 15.3. The van der Waals surface area contributed by atoms with Crippen LogP contribution in [0.4, 0.5) is 0 Å². The Morgan fingerprint density at radius 2 is 0.760 bits per heavy atom. The molecule has 2 unspecified atom stereocenters. The molecule has 0 bridgehead atoms. The molecular weight excluding hydrogens is 1470 g/mol. The van der Waals surface area contributed by atoms with Gasteiger partial charge in [-0.05, 0) is 96.0 Å². The van der Waals surface area contributed by atoms with Crippen LogP contribution in [-0.2, 0) is 106 Å². The van der Waals surface area contributed by atoms with Crippen molar-refractivity contribution in [2.75, 3.05) is 251 Å². The number of primary amides is 1. The van der Waals surface area contributed by atoms with Crippen LogP contribution in [0.15, 0.2) is 82.6 Å². The van der Waals surface area contributed by atoms with E-state index < -0.39 is 27.9 Å². The van der Waals surface area contributed by atoms with E-state index in [-0.39, 0.29) is 135 Å². The number of hydrogen-bond donors (Lipinski definition) is 7. The number of ether oxygens (including phenoxy) is 11. The van der Waals surface area contributed by atoms with Gasteiger partial charge < -0.3 is 89.3 Å². The largest absolute Gasteiger partial charge is 0.378 e. The zero-order valence-electron chi connectivity index (χ0n) is 59.7. The second-order valence-electron chi connectivity index (χ2n) is 24.3. The predicted octanol–water partition coefficient (Wildman–Crippen LogP) is 2.96. The van der Waals surface area contributed by atoms with Crippen LogP contribution in [0, 0.1) is 0 Å². The number of fused-ring (bicyclic) bond motifs is 2. The van der Waals surface area contributed by atoms with Gasteiger partial charge in [0.15, 0.2) is 0 Å². The standard InChI is InChI=1S/C70H105Cl4N11O17S2/c1-82-45-61(59-41-55(71)43-65(73)63(59)47-82)53-5-3-7-57(39-53)103(90)80-13-21-96-29-37-101-35-27-93-18-10-77-68(87)50-84(49-67(76)86)15-23-98-31-32-99-24-16-85(51-69(88)78-11-19-94-26-34-100-33-25-92-17-9-75)52-70(89)79-12-20-95-28-36-102-38-30-97-22-14-81-104(91)58-8-4-6-54(40-58)62-46-83(2)48-64-60(62)42-56(72)44-66(64)74/h3-8,39-44,61-62,80-81H,9-38,45-52,75H2,1-2H3,(H2,76,86)(H,77,87)(H,78,88)(H,79,89)/t61-,62-,103?,104?/m0/s1. The lowest BCUT2D eigenvalue weighted by Crippen LogP contribution is -2.45. The van der Waals surface area contributed by atoms with E-state index in [1.54, 1.807) is 21.9 Å². The van der Waals surface area contributed by atoms with Crippen molar-refractivity contribution < 1.29 is 79.7 Å². The third kappa shape index (κ3) is 35.7. The summed E-state index contributed by atoms with van der Waals surface area (Å²) in [5.41, 5.74) is 17.2. The number of amides is 4. The summed E-state index contributed by atoms with van der Waals surface area (Å²) in [6, 6.07) is 23.0. The van der Waals surface area contributed by atoms with E-state index in [0.717, 1.165) is 59.6 Å². The van der Waals surface area contributed by atoms with Crippen LogP contribution in [0.25, 0.3) is 0 Å². The third-order valence-electron chi connectivity index (χ3n) is 16.0. The molecule has 0 radical (unpaired) electrons. The van der Waals surface area contributed by atoms with E-state index in [2.05, 4.69) is 49.3 Å². The molecule has 0 saturated carbocycles. The molecule has 4 aromatic rings. The molecule has 4 atom stereocenters. The van der Waals surface area contributed by atoms with E-state index in [0.29, 0.717) is 149 Å². The molecule has 9 N–H and O–H groups in total. The fraction of sp³-hybridized carbons (Fsp3) is 0.600. The summed E-state index contributed by atoms with van der Waals surface area (Å²) < 4.78 is 94.1. The number of carbonyl (C=O) groups is 4. The molecule has 0 saturated heterocycles. The van der Waals surface area contributed by atoms with Gasteiger partial charge in [0.1, 0.15) is 22.0 Å². The Hall–Kier alpha value is -4.50. The highest BCUT2D eigenvalue weighted by Gasteiger charge is 2.30. The monoisotopic (exact) mass is 1580 g/mol. The first kappa shape index (κ1) is 88.4. The van der Waals surface area contributed by atoms with Gasteiger partial charge in [0, 0.05) is 110 Å². The Morgan fingerprint density at radius 3 is 1.11 bits per heavy atom. The first-order valence-corrected chi connectivity index (χ1v) is 38.7. The minimum atomic E-state index is -1.45. The van der Waals surface area contributed by atoms with Crippen LogP contribution in [-0.4, -0.2) is 303 Å². The SMILES string of the molecule is CN1Cc2c(Cl)cc(Cl)cc2[C@H](c2cccc(S(=O)NCCOCCOCCOCCNC(=O)CN(CCOCCOCCN(CC(=O)NCCOCCOCCOCCN)CC(=O)NCCOCCOCCOCCNS(=O)c3cccc([C@@H]4CN(C)Cc5c(Cl)cc(Cl)cc54)c3)CC(N)=O)c2)C1. The topological polar surface area (TPSA) is 329 Å². The van der Waals surface area contributed by atoms with Crippen LogP contribution >= 0.6 is 46.4 Å². The minimum Gasteiger partial charge on any atom is -0.378 e. The third-order valence-corrected chi connectivity index (χ3v) is 19.5. The summed E-state index contributed by atoms with van der Waals surface area (Å²) >= 11 is 25.9. The maximum Gasteiger partial charge on any atom is 0.234 e. The Kier molecular flexibility index (Phi) is 44.7. The van der Waals surface area contributed by atoms with Gasteiger partial charge in [-0.15, -0.1) is 0 Å². The maximum absolute atomic E-state index is 13.2. The number of nitrogens with one attached hydrogen (secondary N) is 5. The summed E-state index contributed by atoms with van der Waals surface area (Å²) in [7, 11) is 1.21. The molecule has 104 heavy (non-hydrogen) atoms. The van der Waals surface area contributed by atoms with Crippen molar-refractivity contribution in [3.05, 3.63) is 126 Å². The fourth-order valence-electron chi connectivity index (χ4n) is 11.2. The Bertz CT molecular complexity index is 3240. The molecule has 0 fully saturated rings. The first-order chi connectivity index (χ1) is 50.5. The molecule has 0 spiro atoms. The van der Waals surface area contributed by atoms with Crippen molar-refractivity contribution in [1.82, 2.24) is 45.0 Å². The van der Waals surface area contributed by atoms with Crippen molar-refractivity contribution in [2.24, 2.45) is 11.5 Å². The predicted molar refractivity (Wildman–Crippen MR) is 400 cm³/mol. The quantitative estimate of drug-likeness (QED) is 0.0313. The van der Waals surface area contributed by atoms with Gasteiger partial charge in [-0.1, -0.05) is 70.7 Å². The zero-order valence-corrected chi connectivity index (χ0v) is 64.3. The second-order valence-corrected chi connectivity index (χ2v) is 28.6. The lowest BCUT2D eigenvalue weighted by atomic mass is 9.85. The summed E-state index contributed by atoms with van der Waals surface area (Å²) in [4.78, 5) is 59.7. The van der Waals surface area contributed by atoms with Crippen LogP contribution in [0.2, 0.25) is 20.1 Å². The lowest BCUT2D eigenvalue weighted by molar-refractivity contribution is -0.127. The highest BCUT2D eigenvalue weighted by atomic mass is 35.5. The summed E-state index contributed by atoms with van der Waals surface area (Å²) in [6.07, 6.45) is 0. The van der Waals surface area contributed by atoms with E-state index in [1.807, 2.05) is 60.7 Å². The molecule has 4 amide bonds. The molecular formula is C70H105Cl4N11O17S2. The van der Waals surface area contributed by atoms with Crippen molar-refractivity contribution in [1.29, 1.82) is 0 Å². The molecule has 2 heterocycles. The highest BCUT2D eigenvalue weighted by Crippen LogP contribution is 2.40. The van der Waals surface area contributed by atoms with Crippen LogP contribution in [0.5, 0.6) is 0 Å². The molecule has 0 aliphatic carbocycles. The molecule has 6 rings (SSSR count). The molecule has 582 valence electrons. The number of carbonyl (C=O) groups excluding carboxylic acids is 4. The average molecular weight is 1580 g/mol. The Labute approximate surface area is 636 Å². The Balaban J connectivity index is 0.764. The molecule has 28 nitrogen and oxygen atoms in total. The smallest absolute Gasteiger partial charge is 0.234 e. The van der Waals surface area contributed by atoms with Gasteiger partial charge in [-0.3, -0.25) is 29.0 Å². The number of rotatable bonds is 58. The summed E-state index contributed by atoms with van der Waals surface area (Å²) in [5.74, 6) is -1.48. The van der Waals surface area contributed by atoms with Crippen molar-refractivity contribution >= 4 is 92.0 Å². The van der Waals surface area contributed by atoms with E-state index in [9.17, 15) is 27.6 Å². The van der Waals surface area contributed by atoms with E-state index >= 15 is 0 Å². The van der Waals surface area contributed by atoms with Crippen molar-refractivity contribution in [3.8, 4) is 0 Å². The van der Waals surface area contributed by atoms with Crippen molar-refractivity contribution in [2.45, 2.75) is 34.7 Å². The van der Waals surface area contributed by atoms with E-state index in [1.165, 1.54) is 0 Å². The molecule has 2 aliphatic heterocycles. The van der Waals surface area contributed by atoms with Crippen molar-refractivity contribution in [3.63, 3.8) is 0 Å². The van der Waals surface area contributed by atoms with Crippen LogP contribution < -0.4 is 36.9 Å². The van der Waals surface area contributed by atoms with Gasteiger partial charge in [-0.25, -0.2) is 17.9 Å². The number of hydrogen-bond acceptors (Lipinski definition) is 22. The average Bonchev–Trinajstić information content (AvgIpc) is 0.770. The minimum absolute atomic E-state index is 0.0293. The van der Waals surface area contributed by atoms with Gasteiger partial charge in [0.25, 0.3) is 0 Å². The molecule has 0 aromatic heterocycles. The molecule has 34 heteroatoms. The summed E-state index contributed by atoms with van der Waals surface area (Å²) in [5, 5.41) is 10.9. The fourth-order valence-corrected chi connectivity index (χ4v) is 14.1. The number of nitrogens with zero attached hydrogens (tertiary/aromatic N) is 4. The van der Waals surface area contributed by atoms with Crippen LogP contribution in [0.1, 0.15) is 45.2 Å². The van der Waals surface area contributed by atoms with Crippen LogP contribution in [0.3, 0.4) is 0 Å². The number of halogens is 4. The zero-order chi connectivity index (χ0) is 74.5. The highest BCUT2D eigenvalue weighted by molar-refractivity contribution is 7.83. The summed E-state index contributed by atoms with van der Waals surface area (Å²) in [6.45, 7) is 11.8. The van der Waals surface area contributed by atoms with Gasteiger partial charge in [0.2, 0.25) is 23.6 Å². The second kappa shape index (κ2) is 52.5. The Morgan fingerprint density at radius 1 is 0.442 bits per heavy atom. The number of nitrogens with two attached hydrogens (primary N) is 2. The number of benzene rings is 4.